The second-order valence-electron chi connectivity index (χ2n) is 4.14. The van der Waals surface area contributed by atoms with Gasteiger partial charge in [-0.1, -0.05) is 0 Å². The van der Waals surface area contributed by atoms with E-state index in [1.54, 1.807) is 0 Å². The zero-order chi connectivity index (χ0) is 7.90. The first kappa shape index (κ1) is 7.56. The van der Waals surface area contributed by atoms with E-state index in [4.69, 9.17) is 0 Å². The molecule has 0 aromatic carbocycles. The van der Waals surface area contributed by atoms with E-state index in [0.717, 1.165) is 25.3 Å². The molecule has 0 spiro atoms. The minimum atomic E-state index is -0.108. The standard InChI is InChI=1S/C9H17NO/c1-9(7-4-5-7)8(11)3-2-6-10-9/h7-8,10-11H,2-6H2,1H3. The van der Waals surface area contributed by atoms with Crippen LogP contribution in [-0.4, -0.2) is 23.3 Å². The number of piperidine rings is 1. The number of rotatable bonds is 1. The van der Waals surface area contributed by atoms with E-state index >= 15 is 0 Å². The molecule has 2 aliphatic rings. The molecule has 2 N–H and O–H groups in total. The number of hydrogen-bond acceptors (Lipinski definition) is 2. The quantitative estimate of drug-likeness (QED) is 0.589. The predicted molar refractivity (Wildman–Crippen MR) is 44.4 cm³/mol. The molecule has 1 heterocycles. The van der Waals surface area contributed by atoms with Crippen LogP contribution in [0.25, 0.3) is 0 Å². The maximum absolute atomic E-state index is 9.78. The molecule has 1 aliphatic carbocycles. The van der Waals surface area contributed by atoms with Gasteiger partial charge in [0, 0.05) is 5.54 Å². The highest BCUT2D eigenvalue weighted by atomic mass is 16.3. The fourth-order valence-electron chi connectivity index (χ4n) is 2.17. The third-order valence-electron chi connectivity index (χ3n) is 3.28. The second kappa shape index (κ2) is 2.46. The maximum Gasteiger partial charge on any atom is 0.0722 e. The Morgan fingerprint density at radius 1 is 1.36 bits per heavy atom. The van der Waals surface area contributed by atoms with Crippen molar-refractivity contribution in [1.82, 2.24) is 5.32 Å². The SMILES string of the molecule is CC1(C2CC2)NCCCC1O. The van der Waals surface area contributed by atoms with Crippen molar-refractivity contribution in [2.24, 2.45) is 5.92 Å². The van der Waals surface area contributed by atoms with Crippen LogP contribution in [0.2, 0.25) is 0 Å². The van der Waals surface area contributed by atoms with Crippen molar-refractivity contribution >= 4 is 0 Å². The number of aliphatic hydroxyl groups excluding tert-OH is 1. The molecule has 1 saturated carbocycles. The summed E-state index contributed by atoms with van der Waals surface area (Å²) < 4.78 is 0. The maximum atomic E-state index is 9.78. The first-order chi connectivity index (χ1) is 5.23. The molecule has 1 aliphatic heterocycles. The average Bonchev–Trinajstić information content (AvgIpc) is 2.77. The fourth-order valence-corrected chi connectivity index (χ4v) is 2.17. The largest absolute Gasteiger partial charge is 0.391 e. The Labute approximate surface area is 68.0 Å². The van der Waals surface area contributed by atoms with Crippen LogP contribution in [0.3, 0.4) is 0 Å². The Bertz CT molecular complexity index is 156. The number of hydrogen-bond donors (Lipinski definition) is 2. The average molecular weight is 155 g/mol. The van der Waals surface area contributed by atoms with E-state index in [1.165, 1.54) is 12.8 Å². The molecule has 2 rings (SSSR count). The molecule has 0 bridgehead atoms. The third-order valence-corrected chi connectivity index (χ3v) is 3.28. The molecule has 0 aromatic rings. The van der Waals surface area contributed by atoms with Gasteiger partial charge in [0.15, 0.2) is 0 Å². The van der Waals surface area contributed by atoms with Crippen LogP contribution in [0.15, 0.2) is 0 Å². The molecule has 0 radical (unpaired) electrons. The molecule has 2 unspecified atom stereocenters. The predicted octanol–water partition coefficient (Wildman–Crippen LogP) is 0.899. The minimum Gasteiger partial charge on any atom is -0.391 e. The van der Waals surface area contributed by atoms with Gasteiger partial charge < -0.3 is 10.4 Å². The Morgan fingerprint density at radius 3 is 2.64 bits per heavy atom. The highest BCUT2D eigenvalue weighted by Gasteiger charge is 2.47. The molecule has 0 amide bonds. The van der Waals surface area contributed by atoms with Crippen molar-refractivity contribution in [1.29, 1.82) is 0 Å². The van der Waals surface area contributed by atoms with E-state index in [9.17, 15) is 5.11 Å². The molecule has 2 heteroatoms. The summed E-state index contributed by atoms with van der Waals surface area (Å²) in [4.78, 5) is 0. The lowest BCUT2D eigenvalue weighted by atomic mass is 9.83. The van der Waals surface area contributed by atoms with E-state index in [0.29, 0.717) is 0 Å². The van der Waals surface area contributed by atoms with Gasteiger partial charge in [-0.2, -0.15) is 0 Å². The van der Waals surface area contributed by atoms with Gasteiger partial charge in [0.1, 0.15) is 0 Å². The molecule has 2 fully saturated rings. The van der Waals surface area contributed by atoms with Crippen molar-refractivity contribution in [3.63, 3.8) is 0 Å². The molecule has 2 atom stereocenters. The summed E-state index contributed by atoms with van der Waals surface area (Å²) in [5, 5.41) is 13.2. The van der Waals surface area contributed by atoms with Crippen LogP contribution in [0, 0.1) is 5.92 Å². The van der Waals surface area contributed by atoms with Crippen LogP contribution in [0.5, 0.6) is 0 Å². The summed E-state index contributed by atoms with van der Waals surface area (Å²) in [7, 11) is 0. The Hall–Kier alpha value is -0.0800. The lowest BCUT2D eigenvalue weighted by molar-refractivity contribution is 0.0275. The summed E-state index contributed by atoms with van der Waals surface area (Å²) in [6, 6.07) is 0. The summed E-state index contributed by atoms with van der Waals surface area (Å²) in [5.41, 5.74) is 0.0538. The van der Waals surface area contributed by atoms with Crippen molar-refractivity contribution in [2.75, 3.05) is 6.54 Å². The summed E-state index contributed by atoms with van der Waals surface area (Å²) in [6.45, 7) is 3.26. The van der Waals surface area contributed by atoms with Gasteiger partial charge in [0.05, 0.1) is 6.10 Å². The number of aliphatic hydroxyl groups is 1. The third kappa shape index (κ3) is 1.18. The Kier molecular flexibility index (Phi) is 1.69. The van der Waals surface area contributed by atoms with Crippen molar-refractivity contribution in [3.05, 3.63) is 0 Å². The lowest BCUT2D eigenvalue weighted by Crippen LogP contribution is -2.57. The zero-order valence-corrected chi connectivity index (χ0v) is 7.14. The van der Waals surface area contributed by atoms with Gasteiger partial charge in [0.2, 0.25) is 0 Å². The Morgan fingerprint density at radius 2 is 2.09 bits per heavy atom. The second-order valence-corrected chi connectivity index (χ2v) is 4.14. The monoisotopic (exact) mass is 155 g/mol. The first-order valence-corrected chi connectivity index (χ1v) is 4.66. The highest BCUT2D eigenvalue weighted by Crippen LogP contribution is 2.43. The van der Waals surface area contributed by atoms with Gasteiger partial charge in [-0.3, -0.25) is 0 Å². The fraction of sp³-hybridized carbons (Fsp3) is 1.00. The molecule has 11 heavy (non-hydrogen) atoms. The smallest absolute Gasteiger partial charge is 0.0722 e. The summed E-state index contributed by atoms with van der Waals surface area (Å²) in [6.07, 6.45) is 4.62. The van der Waals surface area contributed by atoms with Crippen LogP contribution in [0.1, 0.15) is 32.6 Å². The highest BCUT2D eigenvalue weighted by molar-refractivity contribution is 5.04. The van der Waals surface area contributed by atoms with Crippen molar-refractivity contribution < 1.29 is 5.11 Å². The van der Waals surface area contributed by atoms with Gasteiger partial charge in [-0.15, -0.1) is 0 Å². The van der Waals surface area contributed by atoms with Crippen LogP contribution in [0.4, 0.5) is 0 Å². The molecule has 0 aromatic heterocycles. The van der Waals surface area contributed by atoms with Gasteiger partial charge in [-0.05, 0) is 45.1 Å². The zero-order valence-electron chi connectivity index (χ0n) is 7.14. The van der Waals surface area contributed by atoms with Crippen LogP contribution in [-0.2, 0) is 0 Å². The molecular formula is C9H17NO. The number of nitrogens with one attached hydrogen (secondary N) is 1. The molecule has 64 valence electrons. The Balaban J connectivity index is 2.06. The molecular weight excluding hydrogens is 138 g/mol. The lowest BCUT2D eigenvalue weighted by Gasteiger charge is -2.40. The van der Waals surface area contributed by atoms with E-state index in [1.807, 2.05) is 0 Å². The van der Waals surface area contributed by atoms with E-state index in [2.05, 4.69) is 12.2 Å². The van der Waals surface area contributed by atoms with Crippen LogP contribution < -0.4 is 5.32 Å². The topological polar surface area (TPSA) is 32.3 Å². The normalized spacial score (nSPS) is 45.8. The van der Waals surface area contributed by atoms with E-state index in [-0.39, 0.29) is 11.6 Å². The van der Waals surface area contributed by atoms with Crippen LogP contribution >= 0.6 is 0 Å². The first-order valence-electron chi connectivity index (χ1n) is 4.66. The van der Waals surface area contributed by atoms with E-state index < -0.39 is 0 Å². The van der Waals surface area contributed by atoms with Crippen molar-refractivity contribution in [2.45, 2.75) is 44.2 Å². The summed E-state index contributed by atoms with van der Waals surface area (Å²) >= 11 is 0. The van der Waals surface area contributed by atoms with Gasteiger partial charge in [0.25, 0.3) is 0 Å². The van der Waals surface area contributed by atoms with Crippen molar-refractivity contribution in [3.8, 4) is 0 Å². The summed E-state index contributed by atoms with van der Waals surface area (Å²) in [5.74, 6) is 0.748. The molecule has 1 saturated heterocycles. The van der Waals surface area contributed by atoms with Gasteiger partial charge >= 0.3 is 0 Å². The minimum absolute atomic E-state index is 0.0538. The molecule has 2 nitrogen and oxygen atoms in total. The van der Waals surface area contributed by atoms with Gasteiger partial charge in [-0.25, -0.2) is 0 Å².